The second-order valence-corrected chi connectivity index (χ2v) is 8.16. The molecule has 1 unspecified atom stereocenters. The molecule has 0 aliphatic heterocycles. The lowest BCUT2D eigenvalue weighted by molar-refractivity contribution is 0.0951. The van der Waals surface area contributed by atoms with Crippen molar-refractivity contribution in [2.75, 3.05) is 6.54 Å². The van der Waals surface area contributed by atoms with Crippen molar-refractivity contribution >= 4 is 27.8 Å². The van der Waals surface area contributed by atoms with Crippen molar-refractivity contribution in [3.8, 4) is 0 Å². The molecular formula is C26H25N5O. The molecule has 0 fully saturated rings. The molecule has 5 rings (SSSR count). The summed E-state index contributed by atoms with van der Waals surface area (Å²) in [6.07, 6.45) is 2.05. The molecule has 6 nitrogen and oxygen atoms in total. The highest BCUT2D eigenvalue weighted by atomic mass is 16.1. The van der Waals surface area contributed by atoms with Crippen LogP contribution in [-0.4, -0.2) is 32.2 Å². The van der Waals surface area contributed by atoms with Crippen LogP contribution in [0, 0.1) is 13.8 Å². The van der Waals surface area contributed by atoms with E-state index < -0.39 is 0 Å². The fourth-order valence-corrected chi connectivity index (χ4v) is 4.43. The molecule has 0 saturated heterocycles. The average molecular weight is 424 g/mol. The molecule has 0 radical (unpaired) electrons. The summed E-state index contributed by atoms with van der Waals surface area (Å²) in [5, 5.41) is 9.66. The van der Waals surface area contributed by atoms with Gasteiger partial charge >= 0.3 is 0 Å². The van der Waals surface area contributed by atoms with Crippen LogP contribution in [0.2, 0.25) is 0 Å². The summed E-state index contributed by atoms with van der Waals surface area (Å²) >= 11 is 0. The summed E-state index contributed by atoms with van der Waals surface area (Å²) in [6, 6.07) is 20.4. The molecule has 32 heavy (non-hydrogen) atoms. The van der Waals surface area contributed by atoms with Crippen molar-refractivity contribution < 1.29 is 4.79 Å². The van der Waals surface area contributed by atoms with Gasteiger partial charge in [0.1, 0.15) is 0 Å². The highest BCUT2D eigenvalue weighted by Gasteiger charge is 2.21. The van der Waals surface area contributed by atoms with Gasteiger partial charge in [0.2, 0.25) is 0 Å². The number of fused-ring (bicyclic) bond motifs is 2. The first-order chi connectivity index (χ1) is 15.5. The Bertz CT molecular complexity index is 1430. The maximum absolute atomic E-state index is 13.2. The Morgan fingerprint density at radius 2 is 1.78 bits per heavy atom. The fraction of sp³-hybridized carbons (Fsp3) is 0.192. The number of hydrogen-bond donors (Lipinski definition) is 2. The van der Waals surface area contributed by atoms with Gasteiger partial charge in [-0.3, -0.25) is 9.48 Å². The second-order valence-electron chi connectivity index (χ2n) is 8.16. The van der Waals surface area contributed by atoms with Crippen LogP contribution in [0.15, 0.2) is 66.9 Å². The fourth-order valence-electron chi connectivity index (χ4n) is 4.43. The molecule has 1 amide bonds. The van der Waals surface area contributed by atoms with E-state index in [1.807, 2.05) is 63.5 Å². The zero-order valence-corrected chi connectivity index (χ0v) is 18.4. The highest BCUT2D eigenvalue weighted by Crippen LogP contribution is 2.30. The molecule has 2 N–H and O–H groups in total. The molecule has 6 heteroatoms. The number of aromatic amines is 1. The number of nitrogens with one attached hydrogen (secondary N) is 2. The van der Waals surface area contributed by atoms with Crippen molar-refractivity contribution in [3.63, 3.8) is 0 Å². The lowest BCUT2D eigenvalue weighted by Gasteiger charge is -2.18. The maximum atomic E-state index is 13.2. The van der Waals surface area contributed by atoms with Gasteiger partial charge in [-0.05, 0) is 37.1 Å². The number of H-pyrrole nitrogens is 1. The normalized spacial score (nSPS) is 12.3. The summed E-state index contributed by atoms with van der Waals surface area (Å²) in [7, 11) is 1.87. The van der Waals surface area contributed by atoms with E-state index in [1.165, 1.54) is 10.9 Å². The molecule has 0 saturated carbocycles. The predicted molar refractivity (Wildman–Crippen MR) is 127 cm³/mol. The number of aryl methyl sites for hydroxylation is 3. The van der Waals surface area contributed by atoms with Gasteiger partial charge in [0.05, 0.1) is 17.0 Å². The molecule has 0 aliphatic carbocycles. The van der Waals surface area contributed by atoms with E-state index in [2.05, 4.69) is 44.6 Å². The number of nitrogens with zero attached hydrogens (tertiary/aromatic N) is 3. The number of pyridine rings is 1. The Kier molecular flexibility index (Phi) is 4.98. The third-order valence-electron chi connectivity index (χ3n) is 6.10. The van der Waals surface area contributed by atoms with Gasteiger partial charge < -0.3 is 10.3 Å². The van der Waals surface area contributed by atoms with E-state index in [4.69, 9.17) is 0 Å². The van der Waals surface area contributed by atoms with Crippen LogP contribution in [0.4, 0.5) is 0 Å². The van der Waals surface area contributed by atoms with Crippen LogP contribution in [0.1, 0.15) is 38.8 Å². The van der Waals surface area contributed by atoms with Crippen LogP contribution < -0.4 is 5.32 Å². The zero-order valence-electron chi connectivity index (χ0n) is 18.4. The van der Waals surface area contributed by atoms with E-state index in [0.717, 1.165) is 27.8 Å². The van der Waals surface area contributed by atoms with Crippen LogP contribution in [0.3, 0.4) is 0 Å². The first-order valence-corrected chi connectivity index (χ1v) is 10.7. The van der Waals surface area contributed by atoms with Gasteiger partial charge in [0, 0.05) is 42.0 Å². The van der Waals surface area contributed by atoms with Crippen LogP contribution in [-0.2, 0) is 7.05 Å². The Hall–Kier alpha value is -3.93. The van der Waals surface area contributed by atoms with Crippen molar-refractivity contribution in [2.45, 2.75) is 19.8 Å². The van der Waals surface area contributed by atoms with E-state index >= 15 is 0 Å². The predicted octanol–water partition coefficient (Wildman–Crippen LogP) is 4.63. The lowest BCUT2D eigenvalue weighted by atomic mass is 9.91. The SMILES string of the molecule is Cc1nc2c(cc1C(=O)NCC(c1ccccc1)c1c[nH]c3ccccc13)c(C)nn2C. The Morgan fingerprint density at radius 1 is 1.03 bits per heavy atom. The molecule has 5 aromatic rings. The Morgan fingerprint density at radius 3 is 2.59 bits per heavy atom. The largest absolute Gasteiger partial charge is 0.361 e. The minimum absolute atomic E-state index is 0.0217. The first-order valence-electron chi connectivity index (χ1n) is 10.7. The van der Waals surface area contributed by atoms with E-state index in [0.29, 0.717) is 17.8 Å². The number of benzene rings is 2. The van der Waals surface area contributed by atoms with E-state index in [9.17, 15) is 4.79 Å². The summed E-state index contributed by atoms with van der Waals surface area (Å²) in [4.78, 5) is 21.2. The average Bonchev–Trinajstić information content (AvgIpc) is 3.35. The first kappa shape index (κ1) is 20.0. The van der Waals surface area contributed by atoms with Crippen molar-refractivity contribution in [3.05, 3.63) is 94.9 Å². The molecule has 0 bridgehead atoms. The molecule has 0 aliphatic rings. The van der Waals surface area contributed by atoms with Gasteiger partial charge in [0.25, 0.3) is 5.91 Å². The topological polar surface area (TPSA) is 75.6 Å². The Balaban J connectivity index is 1.48. The molecule has 2 aromatic carbocycles. The minimum atomic E-state index is -0.124. The van der Waals surface area contributed by atoms with E-state index in [-0.39, 0.29) is 11.8 Å². The third-order valence-corrected chi connectivity index (χ3v) is 6.10. The maximum Gasteiger partial charge on any atom is 0.253 e. The van der Waals surface area contributed by atoms with Gasteiger partial charge in [-0.25, -0.2) is 4.98 Å². The second kappa shape index (κ2) is 7.96. The van der Waals surface area contributed by atoms with Crippen molar-refractivity contribution in [1.82, 2.24) is 25.1 Å². The molecule has 3 aromatic heterocycles. The van der Waals surface area contributed by atoms with Gasteiger partial charge in [-0.15, -0.1) is 0 Å². The number of carbonyl (C=O) groups excluding carboxylic acids is 1. The van der Waals surface area contributed by atoms with Crippen molar-refractivity contribution in [2.24, 2.45) is 7.05 Å². The molecular weight excluding hydrogens is 398 g/mol. The standard InChI is InChI=1S/C26H25N5O/c1-16-21(13-20-17(2)30-31(3)25(20)29-16)26(32)28-14-22(18-9-5-4-6-10-18)23-15-27-24-12-8-7-11-19(23)24/h4-13,15,22,27H,14H2,1-3H3,(H,28,32). The Labute approximate surface area is 186 Å². The molecule has 1 atom stereocenters. The molecule has 0 spiro atoms. The summed E-state index contributed by atoms with van der Waals surface area (Å²) in [5.74, 6) is -0.102. The van der Waals surface area contributed by atoms with Gasteiger partial charge in [0.15, 0.2) is 5.65 Å². The zero-order chi connectivity index (χ0) is 22.2. The number of para-hydroxylation sites is 1. The summed E-state index contributed by atoms with van der Waals surface area (Å²) in [5.41, 5.74) is 6.35. The summed E-state index contributed by atoms with van der Waals surface area (Å²) < 4.78 is 1.75. The van der Waals surface area contributed by atoms with Gasteiger partial charge in [-0.2, -0.15) is 5.10 Å². The van der Waals surface area contributed by atoms with Gasteiger partial charge in [-0.1, -0.05) is 48.5 Å². The third kappa shape index (κ3) is 3.43. The van der Waals surface area contributed by atoms with Crippen LogP contribution in [0.25, 0.3) is 21.9 Å². The van der Waals surface area contributed by atoms with Crippen LogP contribution >= 0.6 is 0 Å². The number of amides is 1. The number of aromatic nitrogens is 4. The quantitative estimate of drug-likeness (QED) is 0.433. The number of carbonyl (C=O) groups is 1. The summed E-state index contributed by atoms with van der Waals surface area (Å²) in [6.45, 7) is 4.28. The van der Waals surface area contributed by atoms with Crippen LogP contribution in [0.5, 0.6) is 0 Å². The minimum Gasteiger partial charge on any atom is -0.361 e. The number of rotatable bonds is 5. The molecule has 3 heterocycles. The monoisotopic (exact) mass is 423 g/mol. The van der Waals surface area contributed by atoms with E-state index in [1.54, 1.807) is 4.68 Å². The smallest absolute Gasteiger partial charge is 0.253 e. The van der Waals surface area contributed by atoms with Crippen molar-refractivity contribution in [1.29, 1.82) is 0 Å². The molecule has 160 valence electrons. The highest BCUT2D eigenvalue weighted by molar-refractivity contribution is 5.98. The lowest BCUT2D eigenvalue weighted by Crippen LogP contribution is -2.29. The number of hydrogen-bond acceptors (Lipinski definition) is 3.